The van der Waals surface area contributed by atoms with Gasteiger partial charge >= 0.3 is 6.09 Å². The number of piperidine rings is 1. The van der Waals surface area contributed by atoms with E-state index in [1.165, 1.54) is 15.6 Å². The second kappa shape index (κ2) is 11.7. The number of carbonyl (C=O) groups is 1. The van der Waals surface area contributed by atoms with E-state index < -0.39 is 15.6 Å². The summed E-state index contributed by atoms with van der Waals surface area (Å²) in [4.78, 5) is 25.8. The smallest absolute Gasteiger partial charge is 0.410 e. The summed E-state index contributed by atoms with van der Waals surface area (Å²) >= 11 is 1.33. The van der Waals surface area contributed by atoms with Crippen molar-refractivity contribution < 1.29 is 22.7 Å². The molecule has 3 atom stereocenters. The van der Waals surface area contributed by atoms with Crippen LogP contribution in [0.15, 0.2) is 52.4 Å². The van der Waals surface area contributed by atoms with Crippen molar-refractivity contribution in [3.05, 3.63) is 58.5 Å². The number of benzene rings is 1. The van der Waals surface area contributed by atoms with Crippen LogP contribution >= 0.6 is 11.3 Å². The molecule has 0 saturated carbocycles. The molecule has 10 nitrogen and oxygen atoms in total. The number of carbonyl (C=O) groups excluding carboxylic acids is 1. The van der Waals surface area contributed by atoms with Crippen molar-refractivity contribution in [2.45, 2.75) is 88.7 Å². The summed E-state index contributed by atoms with van der Waals surface area (Å²) in [7, 11) is -0.393. The van der Waals surface area contributed by atoms with Gasteiger partial charge in [-0.05, 0) is 82.7 Å². The van der Waals surface area contributed by atoms with E-state index in [-0.39, 0.29) is 35.8 Å². The average molecular weight is 614 g/mol. The Morgan fingerprint density at radius 3 is 2.33 bits per heavy atom. The number of hydrogen-bond acceptors (Lipinski definition) is 9. The average Bonchev–Trinajstić information content (AvgIpc) is 3.56. The molecule has 226 valence electrons. The summed E-state index contributed by atoms with van der Waals surface area (Å²) in [5.41, 5.74) is 3.57. The Morgan fingerprint density at radius 1 is 1.12 bits per heavy atom. The van der Waals surface area contributed by atoms with E-state index in [1.54, 1.807) is 42.4 Å². The second-order valence-electron chi connectivity index (χ2n) is 12.0. The monoisotopic (exact) mass is 613 g/mol. The largest absolute Gasteiger partial charge is 0.497 e. The van der Waals surface area contributed by atoms with Crippen LogP contribution in [0.3, 0.4) is 0 Å². The topological polar surface area (TPSA) is 105 Å². The number of fused-ring (bicyclic) bond motifs is 2. The Hall–Kier alpha value is -3.38. The third-order valence-corrected chi connectivity index (χ3v) is 10.2. The predicted octanol–water partition coefficient (Wildman–Crippen LogP) is 5.62. The maximum atomic E-state index is 13.9. The van der Waals surface area contributed by atoms with E-state index in [4.69, 9.17) is 9.47 Å². The molecule has 0 radical (unpaired) electrons. The van der Waals surface area contributed by atoms with Crippen LogP contribution in [0, 0.1) is 6.92 Å². The highest BCUT2D eigenvalue weighted by atomic mass is 32.2. The third kappa shape index (κ3) is 6.19. The number of amides is 1. The molecule has 1 aromatic carbocycles. The first-order valence-electron chi connectivity index (χ1n) is 14.1. The van der Waals surface area contributed by atoms with Crippen LogP contribution < -0.4 is 13.9 Å². The van der Waals surface area contributed by atoms with Gasteiger partial charge in [-0.2, -0.15) is 8.42 Å². The van der Waals surface area contributed by atoms with E-state index in [1.807, 2.05) is 51.8 Å². The minimum atomic E-state index is -4.01. The lowest BCUT2D eigenvalue weighted by Gasteiger charge is -2.43. The van der Waals surface area contributed by atoms with Gasteiger partial charge in [-0.15, -0.1) is 11.3 Å². The Kier molecular flexibility index (Phi) is 8.39. The van der Waals surface area contributed by atoms with Crippen LogP contribution in [0.5, 0.6) is 5.75 Å². The van der Waals surface area contributed by atoms with Crippen LogP contribution in [0.4, 0.5) is 16.3 Å². The first-order valence-corrected chi connectivity index (χ1v) is 16.5. The molecule has 2 aromatic heterocycles. The van der Waals surface area contributed by atoms with E-state index in [2.05, 4.69) is 14.9 Å². The third-order valence-electron chi connectivity index (χ3n) is 8.01. The molecule has 42 heavy (non-hydrogen) atoms. The molecule has 2 aliphatic heterocycles. The maximum Gasteiger partial charge on any atom is 0.410 e. The fraction of sp³-hybridized carbons (Fsp3) is 0.500. The standard InChI is InChI=1S/C30H39N5O5S2/c1-20-13-28(42(37,38)34(27-18-41-19-32-27)17-21-7-11-25(39-6)12-8-21)31-16-26(20)33(5)24-14-22-9-10-23(15-24)35(22)29(36)40-30(2,3)4/h7-8,11-13,16,18-19,22-24H,9-10,14-15,17H2,1-6H3/t22-,23+,24?. The van der Waals surface area contributed by atoms with E-state index in [0.717, 1.165) is 42.5 Å². The lowest BCUT2D eigenvalue weighted by Crippen LogP contribution is -2.53. The first kappa shape index (κ1) is 30.1. The number of aromatic nitrogens is 2. The number of nitrogens with zero attached hydrogens (tertiary/aromatic N) is 5. The Balaban J connectivity index is 1.35. The molecule has 0 N–H and O–H groups in total. The van der Waals surface area contributed by atoms with Gasteiger partial charge in [0.05, 0.1) is 31.0 Å². The number of hydrogen-bond donors (Lipinski definition) is 0. The molecule has 0 aliphatic carbocycles. The van der Waals surface area contributed by atoms with Gasteiger partial charge < -0.3 is 19.3 Å². The van der Waals surface area contributed by atoms with Crippen LogP contribution in [-0.2, 0) is 21.3 Å². The van der Waals surface area contributed by atoms with Crippen molar-refractivity contribution in [2.75, 3.05) is 23.4 Å². The number of pyridine rings is 1. The fourth-order valence-electron chi connectivity index (χ4n) is 5.94. The number of thiazole rings is 1. The van der Waals surface area contributed by atoms with Crippen molar-refractivity contribution in [2.24, 2.45) is 0 Å². The zero-order valence-electron chi connectivity index (χ0n) is 25.0. The molecule has 3 aromatic rings. The number of rotatable bonds is 8. The summed E-state index contributed by atoms with van der Waals surface area (Å²) in [6.45, 7) is 7.69. The number of methoxy groups -OCH3 is 1. The SMILES string of the molecule is COc1ccc(CN(c2cscn2)S(=O)(=O)c2cc(C)c(N(C)C3C[C@H]4CC[C@@H](C3)N4C(=O)OC(C)(C)C)cn2)cc1. The summed E-state index contributed by atoms with van der Waals surface area (Å²) < 4.78 is 40.1. The molecule has 12 heteroatoms. The minimum Gasteiger partial charge on any atom is -0.497 e. The molecule has 2 bridgehead atoms. The quantitative estimate of drug-likeness (QED) is 0.323. The zero-order chi connectivity index (χ0) is 30.2. The van der Waals surface area contributed by atoms with Crippen molar-refractivity contribution in [1.82, 2.24) is 14.9 Å². The van der Waals surface area contributed by atoms with Crippen molar-refractivity contribution in [3.8, 4) is 5.75 Å². The Morgan fingerprint density at radius 2 is 1.79 bits per heavy atom. The number of anilines is 2. The normalized spacial score (nSPS) is 20.3. The zero-order valence-corrected chi connectivity index (χ0v) is 26.6. The van der Waals surface area contributed by atoms with Gasteiger partial charge in [0, 0.05) is 30.6 Å². The van der Waals surface area contributed by atoms with Gasteiger partial charge in [0.2, 0.25) is 0 Å². The predicted molar refractivity (Wildman–Crippen MR) is 164 cm³/mol. The van der Waals surface area contributed by atoms with Crippen LogP contribution in [0.2, 0.25) is 0 Å². The van der Waals surface area contributed by atoms with Crippen LogP contribution in [0.1, 0.15) is 57.6 Å². The second-order valence-corrected chi connectivity index (χ2v) is 14.6. The summed E-state index contributed by atoms with van der Waals surface area (Å²) in [6, 6.07) is 9.38. The molecular weight excluding hydrogens is 574 g/mol. The van der Waals surface area contributed by atoms with Crippen LogP contribution in [0.25, 0.3) is 0 Å². The van der Waals surface area contributed by atoms with Crippen molar-refractivity contribution >= 4 is 39.0 Å². The lowest BCUT2D eigenvalue weighted by atomic mass is 9.96. The van der Waals surface area contributed by atoms with E-state index in [9.17, 15) is 13.2 Å². The van der Waals surface area contributed by atoms with Gasteiger partial charge in [0.25, 0.3) is 10.0 Å². The summed E-state index contributed by atoms with van der Waals surface area (Å²) in [6.07, 6.45) is 4.99. The van der Waals surface area contributed by atoms with Crippen molar-refractivity contribution in [3.63, 3.8) is 0 Å². The molecule has 1 amide bonds. The Bertz CT molecular complexity index is 1490. The summed E-state index contributed by atoms with van der Waals surface area (Å²) in [5, 5.41) is 1.69. The maximum absolute atomic E-state index is 13.9. The number of ether oxygens (including phenoxy) is 2. The highest BCUT2D eigenvalue weighted by Crippen LogP contribution is 2.40. The summed E-state index contributed by atoms with van der Waals surface area (Å²) in [5.74, 6) is 1.05. The van der Waals surface area contributed by atoms with Gasteiger partial charge in [-0.1, -0.05) is 12.1 Å². The lowest BCUT2D eigenvalue weighted by molar-refractivity contribution is 0.00598. The highest BCUT2D eigenvalue weighted by molar-refractivity contribution is 7.92. The van der Waals surface area contributed by atoms with Gasteiger partial charge in [-0.3, -0.25) is 0 Å². The molecule has 5 rings (SSSR count). The van der Waals surface area contributed by atoms with E-state index >= 15 is 0 Å². The molecule has 2 fully saturated rings. The molecule has 2 aliphatic rings. The minimum absolute atomic E-state index is 0.0292. The molecular formula is C30H39N5O5S2. The number of sulfonamides is 1. The number of aryl methyl sites for hydroxylation is 1. The highest BCUT2D eigenvalue weighted by Gasteiger charge is 2.46. The molecule has 4 heterocycles. The molecule has 0 spiro atoms. The first-order chi connectivity index (χ1) is 19.9. The molecule has 1 unspecified atom stereocenters. The van der Waals surface area contributed by atoms with Gasteiger partial charge in [0.1, 0.15) is 11.4 Å². The van der Waals surface area contributed by atoms with Crippen LogP contribution in [-0.4, -0.2) is 67.3 Å². The van der Waals surface area contributed by atoms with Gasteiger partial charge in [-0.25, -0.2) is 19.1 Å². The fourth-order valence-corrected chi connectivity index (χ4v) is 7.94. The molecule has 2 saturated heterocycles. The van der Waals surface area contributed by atoms with Crippen molar-refractivity contribution in [1.29, 1.82) is 0 Å². The van der Waals surface area contributed by atoms with E-state index in [0.29, 0.717) is 11.6 Å². The van der Waals surface area contributed by atoms with Gasteiger partial charge in [0.15, 0.2) is 10.8 Å². The Labute approximate surface area is 252 Å².